The molecule has 0 heterocycles. The van der Waals surface area contributed by atoms with Crippen LogP contribution in [0.15, 0.2) is 42.5 Å². The van der Waals surface area contributed by atoms with Crippen molar-refractivity contribution in [2.75, 3.05) is 11.9 Å². The van der Waals surface area contributed by atoms with Gasteiger partial charge >= 0.3 is 6.09 Å². The first-order chi connectivity index (χ1) is 12.1. The largest absolute Gasteiger partial charge is 0.450 e. The predicted octanol–water partition coefficient (Wildman–Crippen LogP) is 4.23. The number of ether oxygens (including phenoxy) is 1. The van der Waals surface area contributed by atoms with Gasteiger partial charge in [-0.1, -0.05) is 49.2 Å². The molecular formula is C19H24N2O4. The number of hydrogen-bond donors (Lipinski definition) is 3. The zero-order chi connectivity index (χ0) is 18.5. The predicted molar refractivity (Wildman–Crippen MR) is 97.5 cm³/mol. The van der Waals surface area contributed by atoms with E-state index in [1.54, 1.807) is 6.92 Å². The molecule has 0 atom stereocenters. The average Bonchev–Trinajstić information content (AvgIpc) is 3.08. The van der Waals surface area contributed by atoms with Crippen LogP contribution >= 0.6 is 0 Å². The summed E-state index contributed by atoms with van der Waals surface area (Å²) in [5, 5.41) is 19.0. The molecule has 0 radical (unpaired) electrons. The van der Waals surface area contributed by atoms with Gasteiger partial charge in [-0.05, 0) is 31.2 Å². The maximum Gasteiger partial charge on any atom is 0.411 e. The van der Waals surface area contributed by atoms with Gasteiger partial charge in [-0.3, -0.25) is 5.32 Å². The molecule has 0 unspecified atom stereocenters. The first-order valence-corrected chi connectivity index (χ1v) is 8.25. The van der Waals surface area contributed by atoms with Crippen molar-refractivity contribution in [2.45, 2.75) is 38.7 Å². The Hall–Kier alpha value is -2.69. The monoisotopic (exact) mass is 344 g/mol. The van der Waals surface area contributed by atoms with Crippen molar-refractivity contribution >= 4 is 28.6 Å². The number of nitrogens with one attached hydrogen (secondary N) is 2. The summed E-state index contributed by atoms with van der Waals surface area (Å²) in [6.45, 7) is 2.15. The van der Waals surface area contributed by atoms with Crippen LogP contribution in [0.25, 0.3) is 10.8 Å². The van der Waals surface area contributed by atoms with E-state index < -0.39 is 6.09 Å². The molecule has 25 heavy (non-hydrogen) atoms. The van der Waals surface area contributed by atoms with Crippen molar-refractivity contribution in [3.8, 4) is 0 Å². The molecule has 0 bridgehead atoms. The van der Waals surface area contributed by atoms with Gasteiger partial charge in [0.1, 0.15) is 0 Å². The molecule has 1 aliphatic carbocycles. The number of aliphatic hydroxyl groups excluding tert-OH is 1. The minimum absolute atomic E-state index is 0.0463. The number of isocyanates is 1. The quantitative estimate of drug-likeness (QED) is 0.560. The van der Waals surface area contributed by atoms with Gasteiger partial charge in [0.15, 0.2) is 0 Å². The molecule has 3 rings (SSSR count). The van der Waals surface area contributed by atoms with Gasteiger partial charge in [-0.15, -0.1) is 0 Å². The third-order valence-electron chi connectivity index (χ3n) is 3.63. The lowest BCUT2D eigenvalue weighted by molar-refractivity contribution is 0.168. The summed E-state index contributed by atoms with van der Waals surface area (Å²) in [5.74, 6) is 0. The van der Waals surface area contributed by atoms with E-state index in [4.69, 9.17) is 20.0 Å². The zero-order valence-electron chi connectivity index (χ0n) is 14.3. The van der Waals surface area contributed by atoms with Crippen LogP contribution in [0.4, 0.5) is 10.5 Å². The van der Waals surface area contributed by atoms with Gasteiger partial charge in [0.05, 0.1) is 18.4 Å². The van der Waals surface area contributed by atoms with Gasteiger partial charge in [0.2, 0.25) is 6.08 Å². The topological polar surface area (TPSA) is 99.5 Å². The van der Waals surface area contributed by atoms with Crippen LogP contribution < -0.4 is 5.32 Å². The third kappa shape index (κ3) is 7.61. The number of fused-ring (bicyclic) bond motifs is 1. The van der Waals surface area contributed by atoms with Crippen LogP contribution in [0.5, 0.6) is 0 Å². The fraction of sp³-hybridized carbons (Fsp3) is 0.368. The van der Waals surface area contributed by atoms with Crippen LogP contribution in [0, 0.1) is 5.41 Å². The molecular weight excluding hydrogens is 320 g/mol. The lowest BCUT2D eigenvalue weighted by Gasteiger charge is -2.08. The van der Waals surface area contributed by atoms with Gasteiger partial charge in [-0.2, -0.15) is 0 Å². The fourth-order valence-corrected chi connectivity index (χ4v) is 2.52. The van der Waals surface area contributed by atoms with E-state index in [0.717, 1.165) is 35.4 Å². The van der Waals surface area contributed by atoms with Gasteiger partial charge in [-0.25, -0.2) is 15.0 Å². The van der Waals surface area contributed by atoms with Crippen molar-refractivity contribution in [2.24, 2.45) is 0 Å². The Morgan fingerprint density at radius 2 is 1.84 bits per heavy atom. The van der Waals surface area contributed by atoms with Crippen LogP contribution in [0.2, 0.25) is 0 Å². The number of anilines is 1. The molecule has 2 aromatic carbocycles. The molecule has 1 aliphatic rings. The second kappa shape index (κ2) is 11.8. The van der Waals surface area contributed by atoms with Gasteiger partial charge in [0, 0.05) is 5.39 Å². The summed E-state index contributed by atoms with van der Waals surface area (Å²) in [7, 11) is 0. The van der Waals surface area contributed by atoms with E-state index in [2.05, 4.69) is 5.32 Å². The molecule has 0 aliphatic heterocycles. The van der Waals surface area contributed by atoms with E-state index in [9.17, 15) is 4.79 Å². The van der Waals surface area contributed by atoms with E-state index in [-0.39, 0.29) is 6.10 Å². The lowest BCUT2D eigenvalue weighted by Crippen LogP contribution is -2.13. The Morgan fingerprint density at radius 3 is 2.40 bits per heavy atom. The third-order valence-corrected chi connectivity index (χ3v) is 3.63. The molecule has 1 fully saturated rings. The molecule has 0 aromatic heterocycles. The fourth-order valence-electron chi connectivity index (χ4n) is 2.52. The van der Waals surface area contributed by atoms with Crippen molar-refractivity contribution in [3.05, 3.63) is 42.5 Å². The summed E-state index contributed by atoms with van der Waals surface area (Å²) in [5.41, 5.74) is 0.775. The van der Waals surface area contributed by atoms with Crippen LogP contribution in [-0.2, 0) is 9.53 Å². The SMILES string of the molecule is CCOC(=O)Nc1cccc2ccccc12.N=C=O.OC1CCCC1. The van der Waals surface area contributed by atoms with Gasteiger partial charge in [0.25, 0.3) is 0 Å². The summed E-state index contributed by atoms with van der Waals surface area (Å²) in [6, 6.07) is 13.7. The highest BCUT2D eigenvalue weighted by molar-refractivity contribution is 6.00. The first-order valence-electron chi connectivity index (χ1n) is 8.25. The molecule has 1 amide bonds. The Bertz CT molecular complexity index is 685. The molecule has 3 N–H and O–H groups in total. The van der Waals surface area contributed by atoms with Crippen molar-refractivity contribution < 1.29 is 19.4 Å². The first kappa shape index (κ1) is 20.4. The number of amides is 1. The molecule has 1 saturated carbocycles. The maximum absolute atomic E-state index is 11.3. The van der Waals surface area contributed by atoms with E-state index >= 15 is 0 Å². The van der Waals surface area contributed by atoms with Crippen LogP contribution in [-0.4, -0.2) is 30.0 Å². The maximum atomic E-state index is 11.3. The molecule has 6 heteroatoms. The standard InChI is InChI=1S/C13H13NO2.C5H10O.CHNO/c1-2-16-13(15)14-12-9-5-7-10-6-3-4-8-11(10)12;6-5-3-1-2-4-5;2-1-3/h3-9H,2H2,1H3,(H,14,15);5-6H,1-4H2;2H. The Kier molecular flexibility index (Phi) is 9.60. The van der Waals surface area contributed by atoms with E-state index in [0.29, 0.717) is 6.61 Å². The lowest BCUT2D eigenvalue weighted by atomic mass is 10.1. The van der Waals surface area contributed by atoms with E-state index in [1.165, 1.54) is 12.8 Å². The number of benzene rings is 2. The molecule has 2 aromatic rings. The number of aliphatic hydroxyl groups is 1. The molecule has 134 valence electrons. The Balaban J connectivity index is 0.000000287. The second-order valence-electron chi connectivity index (χ2n) is 5.41. The van der Waals surface area contributed by atoms with Crippen molar-refractivity contribution in [3.63, 3.8) is 0 Å². The molecule has 6 nitrogen and oxygen atoms in total. The number of rotatable bonds is 2. The van der Waals surface area contributed by atoms with Crippen LogP contribution in [0.3, 0.4) is 0 Å². The smallest absolute Gasteiger partial charge is 0.411 e. The highest BCUT2D eigenvalue weighted by Crippen LogP contribution is 2.22. The zero-order valence-corrected chi connectivity index (χ0v) is 14.3. The van der Waals surface area contributed by atoms with Gasteiger partial charge < -0.3 is 9.84 Å². The van der Waals surface area contributed by atoms with E-state index in [1.807, 2.05) is 42.5 Å². The normalized spacial score (nSPS) is 12.9. The minimum Gasteiger partial charge on any atom is -0.450 e. The highest BCUT2D eigenvalue weighted by atomic mass is 16.5. The Morgan fingerprint density at radius 1 is 1.24 bits per heavy atom. The second-order valence-corrected chi connectivity index (χ2v) is 5.41. The molecule has 0 spiro atoms. The summed E-state index contributed by atoms with van der Waals surface area (Å²) in [4.78, 5) is 19.7. The number of carbonyl (C=O) groups excluding carboxylic acids is 2. The van der Waals surface area contributed by atoms with Crippen molar-refractivity contribution in [1.82, 2.24) is 0 Å². The average molecular weight is 344 g/mol. The van der Waals surface area contributed by atoms with Crippen LogP contribution in [0.1, 0.15) is 32.6 Å². The highest BCUT2D eigenvalue weighted by Gasteiger charge is 2.09. The summed E-state index contributed by atoms with van der Waals surface area (Å²) >= 11 is 0. The van der Waals surface area contributed by atoms with Crippen molar-refractivity contribution in [1.29, 1.82) is 5.41 Å². The summed E-state index contributed by atoms with van der Waals surface area (Å²) < 4.78 is 4.84. The minimum atomic E-state index is -0.418. The number of hydrogen-bond acceptors (Lipinski definition) is 5. The Labute approximate surface area is 147 Å². The molecule has 0 saturated heterocycles. The summed E-state index contributed by atoms with van der Waals surface area (Å²) in [6.07, 6.45) is 4.94. The number of carbonyl (C=O) groups is 1.